The van der Waals surface area contributed by atoms with Crippen molar-refractivity contribution < 1.29 is 9.90 Å². The van der Waals surface area contributed by atoms with Crippen molar-refractivity contribution in [2.45, 2.75) is 25.3 Å². The van der Waals surface area contributed by atoms with Gasteiger partial charge in [0.25, 0.3) is 0 Å². The molecule has 0 saturated carbocycles. The van der Waals surface area contributed by atoms with Gasteiger partial charge in [0.15, 0.2) is 0 Å². The summed E-state index contributed by atoms with van der Waals surface area (Å²) < 4.78 is 0. The number of carbonyl (C=O) groups is 1. The fourth-order valence-electron chi connectivity index (χ4n) is 1.29. The van der Waals surface area contributed by atoms with Crippen molar-refractivity contribution in [3.8, 4) is 0 Å². The predicted octanol–water partition coefficient (Wildman–Crippen LogP) is 1.81. The summed E-state index contributed by atoms with van der Waals surface area (Å²) in [6, 6.07) is 0. The lowest BCUT2D eigenvalue weighted by molar-refractivity contribution is -0.128. The van der Waals surface area contributed by atoms with Gasteiger partial charge in [-0.25, -0.2) is 4.79 Å². The molecular formula is C10H13NO2. The van der Waals surface area contributed by atoms with E-state index >= 15 is 0 Å². The number of hydrogen-bond donors (Lipinski definition) is 1. The molecule has 0 aromatic heterocycles. The molecule has 0 aliphatic heterocycles. The van der Waals surface area contributed by atoms with Gasteiger partial charge < -0.3 is 5.11 Å². The molecule has 3 heteroatoms. The van der Waals surface area contributed by atoms with Crippen molar-refractivity contribution in [3.05, 3.63) is 24.3 Å². The number of aliphatic carboxylic acids is 1. The van der Waals surface area contributed by atoms with Crippen LogP contribution in [0.5, 0.6) is 0 Å². The van der Waals surface area contributed by atoms with Gasteiger partial charge in [-0.05, 0) is 12.8 Å². The average Bonchev–Trinajstić information content (AvgIpc) is 2.16. The normalized spacial score (nSPS) is 26.8. The maximum absolute atomic E-state index is 10.3. The van der Waals surface area contributed by atoms with Crippen LogP contribution < -0.4 is 0 Å². The van der Waals surface area contributed by atoms with Crippen LogP contribution in [0.1, 0.15) is 19.8 Å². The lowest BCUT2D eigenvalue weighted by Gasteiger charge is -2.24. The zero-order valence-electron chi connectivity index (χ0n) is 7.60. The van der Waals surface area contributed by atoms with Gasteiger partial charge in [0.1, 0.15) is 6.21 Å². The molecule has 0 amide bonds. The third-order valence-corrected chi connectivity index (χ3v) is 2.17. The van der Waals surface area contributed by atoms with Crippen molar-refractivity contribution in [1.82, 2.24) is 0 Å². The molecule has 0 heterocycles. The van der Waals surface area contributed by atoms with Crippen molar-refractivity contribution in [3.63, 3.8) is 0 Å². The Hall–Kier alpha value is -1.38. The number of allylic oxidation sites excluding steroid dienone is 2. The minimum atomic E-state index is -0.990. The standard InChI is InChI=1S/C10H13NO2/c1-2-10(11-8-9(12)13)6-4-3-5-7-10/h3-6,8H,2,7H2,1H3,(H,12,13). The first-order chi connectivity index (χ1) is 6.18. The second kappa shape index (κ2) is 4.03. The highest BCUT2D eigenvalue weighted by molar-refractivity contribution is 6.22. The fourth-order valence-corrected chi connectivity index (χ4v) is 1.29. The van der Waals surface area contributed by atoms with Gasteiger partial charge >= 0.3 is 5.97 Å². The molecule has 0 aromatic rings. The van der Waals surface area contributed by atoms with E-state index in [0.717, 1.165) is 19.1 Å². The molecule has 1 rings (SSSR count). The Bertz CT molecular complexity index is 279. The molecule has 1 aliphatic carbocycles. The van der Waals surface area contributed by atoms with Gasteiger partial charge in [-0.3, -0.25) is 4.99 Å². The predicted molar refractivity (Wildman–Crippen MR) is 52.0 cm³/mol. The van der Waals surface area contributed by atoms with Crippen molar-refractivity contribution in [1.29, 1.82) is 0 Å². The molecule has 3 nitrogen and oxygen atoms in total. The third kappa shape index (κ3) is 2.54. The minimum absolute atomic E-state index is 0.326. The van der Waals surface area contributed by atoms with E-state index < -0.39 is 5.97 Å². The minimum Gasteiger partial charge on any atom is -0.477 e. The van der Waals surface area contributed by atoms with Crippen LogP contribution in [0.25, 0.3) is 0 Å². The van der Waals surface area contributed by atoms with Crippen LogP contribution in [0, 0.1) is 0 Å². The lowest BCUT2D eigenvalue weighted by Crippen LogP contribution is -2.24. The summed E-state index contributed by atoms with van der Waals surface area (Å²) in [7, 11) is 0. The van der Waals surface area contributed by atoms with Gasteiger partial charge in [-0.2, -0.15) is 0 Å². The van der Waals surface area contributed by atoms with Crippen molar-refractivity contribution >= 4 is 12.2 Å². The van der Waals surface area contributed by atoms with Crippen LogP contribution in [-0.2, 0) is 4.79 Å². The summed E-state index contributed by atoms with van der Waals surface area (Å²) in [6.45, 7) is 2.00. The Balaban J connectivity index is 2.76. The van der Waals surface area contributed by atoms with Crippen LogP contribution >= 0.6 is 0 Å². The number of aliphatic imine (C=N–C) groups is 1. The highest BCUT2D eigenvalue weighted by Gasteiger charge is 2.22. The molecular weight excluding hydrogens is 166 g/mol. The first kappa shape index (κ1) is 9.71. The summed E-state index contributed by atoms with van der Waals surface area (Å²) in [4.78, 5) is 14.4. The number of carboxylic acids is 1. The monoisotopic (exact) mass is 179 g/mol. The molecule has 0 saturated heterocycles. The Labute approximate surface area is 77.5 Å². The number of hydrogen-bond acceptors (Lipinski definition) is 2. The maximum Gasteiger partial charge on any atom is 0.346 e. The second-order valence-corrected chi connectivity index (χ2v) is 3.04. The summed E-state index contributed by atoms with van der Waals surface area (Å²) in [6.07, 6.45) is 10.4. The quantitative estimate of drug-likeness (QED) is 0.671. The molecule has 0 fully saturated rings. The average molecular weight is 179 g/mol. The van der Waals surface area contributed by atoms with Gasteiger partial charge in [0.2, 0.25) is 0 Å². The molecule has 13 heavy (non-hydrogen) atoms. The first-order valence-corrected chi connectivity index (χ1v) is 4.31. The van der Waals surface area contributed by atoms with E-state index in [0.29, 0.717) is 0 Å². The van der Waals surface area contributed by atoms with Crippen LogP contribution in [0.2, 0.25) is 0 Å². The topological polar surface area (TPSA) is 49.7 Å². The van der Waals surface area contributed by atoms with E-state index in [4.69, 9.17) is 5.11 Å². The van der Waals surface area contributed by atoms with Crippen LogP contribution in [-0.4, -0.2) is 22.8 Å². The van der Waals surface area contributed by atoms with Gasteiger partial charge in [0.05, 0.1) is 5.54 Å². The first-order valence-electron chi connectivity index (χ1n) is 4.31. The largest absolute Gasteiger partial charge is 0.477 e. The van der Waals surface area contributed by atoms with Crippen LogP contribution in [0.4, 0.5) is 0 Å². The van der Waals surface area contributed by atoms with E-state index in [2.05, 4.69) is 4.99 Å². The van der Waals surface area contributed by atoms with Crippen LogP contribution in [0.15, 0.2) is 29.3 Å². The maximum atomic E-state index is 10.3. The summed E-state index contributed by atoms with van der Waals surface area (Å²) >= 11 is 0. The lowest BCUT2D eigenvalue weighted by atomic mass is 9.89. The smallest absolute Gasteiger partial charge is 0.346 e. The van der Waals surface area contributed by atoms with E-state index in [-0.39, 0.29) is 5.54 Å². The molecule has 1 aliphatic rings. The van der Waals surface area contributed by atoms with Gasteiger partial charge in [-0.15, -0.1) is 0 Å². The second-order valence-electron chi connectivity index (χ2n) is 3.04. The summed E-state index contributed by atoms with van der Waals surface area (Å²) in [5, 5.41) is 8.46. The highest BCUT2D eigenvalue weighted by Crippen LogP contribution is 2.25. The zero-order valence-corrected chi connectivity index (χ0v) is 7.60. The van der Waals surface area contributed by atoms with E-state index in [1.807, 2.05) is 31.2 Å². The molecule has 0 radical (unpaired) electrons. The SMILES string of the molecule is CCC1(N=CC(=O)O)C=CC=CC1. The van der Waals surface area contributed by atoms with E-state index in [9.17, 15) is 4.79 Å². The highest BCUT2D eigenvalue weighted by atomic mass is 16.4. The molecule has 0 bridgehead atoms. The summed E-state index contributed by atoms with van der Waals surface area (Å²) in [5.74, 6) is -0.990. The Morgan fingerprint density at radius 1 is 1.69 bits per heavy atom. The molecule has 70 valence electrons. The number of carboxylic acid groups (broad SMARTS) is 1. The Morgan fingerprint density at radius 3 is 2.92 bits per heavy atom. The van der Waals surface area contributed by atoms with Gasteiger partial charge in [-0.1, -0.05) is 31.2 Å². The molecule has 1 unspecified atom stereocenters. The third-order valence-electron chi connectivity index (χ3n) is 2.17. The molecule has 1 N–H and O–H groups in total. The van der Waals surface area contributed by atoms with Gasteiger partial charge in [0, 0.05) is 0 Å². The molecule has 1 atom stereocenters. The molecule has 0 aromatic carbocycles. The Morgan fingerprint density at radius 2 is 2.46 bits per heavy atom. The van der Waals surface area contributed by atoms with Crippen molar-refractivity contribution in [2.24, 2.45) is 4.99 Å². The van der Waals surface area contributed by atoms with E-state index in [1.54, 1.807) is 0 Å². The number of rotatable bonds is 3. The van der Waals surface area contributed by atoms with Crippen LogP contribution in [0.3, 0.4) is 0 Å². The number of nitrogens with zero attached hydrogens (tertiary/aromatic N) is 1. The van der Waals surface area contributed by atoms with Crippen molar-refractivity contribution in [2.75, 3.05) is 0 Å². The fraction of sp³-hybridized carbons (Fsp3) is 0.400. The molecule has 0 spiro atoms. The zero-order chi connectivity index (χ0) is 9.73. The Kier molecular flexibility index (Phi) is 3.01. The van der Waals surface area contributed by atoms with E-state index in [1.165, 1.54) is 0 Å². The summed E-state index contributed by atoms with van der Waals surface area (Å²) in [5.41, 5.74) is -0.326.